The van der Waals surface area contributed by atoms with Gasteiger partial charge in [0.25, 0.3) is 0 Å². The van der Waals surface area contributed by atoms with Crippen LogP contribution in [-0.2, 0) is 6.42 Å². The molecular formula is C20H28N2O3. The van der Waals surface area contributed by atoms with Crippen molar-refractivity contribution in [1.82, 2.24) is 9.88 Å². The van der Waals surface area contributed by atoms with Crippen LogP contribution in [0.25, 0.3) is 0 Å². The van der Waals surface area contributed by atoms with E-state index in [-0.39, 0.29) is 0 Å². The van der Waals surface area contributed by atoms with E-state index in [1.807, 2.05) is 24.3 Å². The predicted octanol–water partition coefficient (Wildman–Crippen LogP) is 3.09. The van der Waals surface area contributed by atoms with Gasteiger partial charge < -0.3 is 19.5 Å². The van der Waals surface area contributed by atoms with Crippen LogP contribution < -0.4 is 9.47 Å². The molecule has 2 rings (SSSR count). The summed E-state index contributed by atoms with van der Waals surface area (Å²) < 4.78 is 10.7. The van der Waals surface area contributed by atoms with E-state index >= 15 is 0 Å². The Balaban J connectivity index is 1.97. The molecule has 1 aromatic carbocycles. The summed E-state index contributed by atoms with van der Waals surface area (Å²) in [5.74, 6) is 1.49. The maximum absolute atomic E-state index is 10.4. The van der Waals surface area contributed by atoms with Crippen LogP contribution in [0, 0.1) is 0 Å². The van der Waals surface area contributed by atoms with Gasteiger partial charge in [0, 0.05) is 31.0 Å². The van der Waals surface area contributed by atoms with Crippen molar-refractivity contribution in [3.63, 3.8) is 0 Å². The van der Waals surface area contributed by atoms with E-state index < -0.39 is 6.10 Å². The molecule has 1 unspecified atom stereocenters. The van der Waals surface area contributed by atoms with Gasteiger partial charge >= 0.3 is 0 Å². The number of aliphatic hydroxyl groups excluding tert-OH is 1. The molecule has 0 spiro atoms. The zero-order valence-electron chi connectivity index (χ0n) is 15.3. The van der Waals surface area contributed by atoms with Crippen LogP contribution in [0.2, 0.25) is 0 Å². The Morgan fingerprint density at radius 1 is 1.12 bits per heavy atom. The van der Waals surface area contributed by atoms with Crippen molar-refractivity contribution in [1.29, 1.82) is 0 Å². The molecular weight excluding hydrogens is 316 g/mol. The number of methoxy groups -OCH3 is 2. The average Bonchev–Trinajstić information content (AvgIpc) is 2.66. The van der Waals surface area contributed by atoms with Crippen LogP contribution in [0.1, 0.15) is 30.6 Å². The Kier molecular flexibility index (Phi) is 7.70. The zero-order valence-corrected chi connectivity index (χ0v) is 15.3. The molecule has 0 fully saturated rings. The Bertz CT molecular complexity index is 634. The SMILES string of the molecule is CCCN(CCc1ccc(OC)c(OC)c1)CC(O)c1cccnc1. The molecule has 1 N–H and O–H groups in total. The van der Waals surface area contributed by atoms with Gasteiger partial charge in [0.1, 0.15) is 0 Å². The molecule has 0 aliphatic carbocycles. The van der Waals surface area contributed by atoms with Gasteiger partial charge in [-0.25, -0.2) is 0 Å². The topological polar surface area (TPSA) is 54.8 Å². The fraction of sp³-hybridized carbons (Fsp3) is 0.450. The summed E-state index contributed by atoms with van der Waals surface area (Å²) in [6, 6.07) is 9.77. The second-order valence-electron chi connectivity index (χ2n) is 6.04. The second kappa shape index (κ2) is 10.0. The van der Waals surface area contributed by atoms with E-state index in [1.165, 1.54) is 5.56 Å². The van der Waals surface area contributed by atoms with Crippen molar-refractivity contribution < 1.29 is 14.6 Å². The Hall–Kier alpha value is -2.11. The highest BCUT2D eigenvalue weighted by Gasteiger charge is 2.14. The molecule has 0 aliphatic rings. The van der Waals surface area contributed by atoms with E-state index in [9.17, 15) is 5.11 Å². The minimum absolute atomic E-state index is 0.523. The molecule has 5 nitrogen and oxygen atoms in total. The lowest BCUT2D eigenvalue weighted by Gasteiger charge is -2.25. The van der Waals surface area contributed by atoms with Crippen molar-refractivity contribution in [3.05, 3.63) is 53.9 Å². The lowest BCUT2D eigenvalue weighted by atomic mass is 10.1. The van der Waals surface area contributed by atoms with E-state index in [2.05, 4.69) is 22.9 Å². The molecule has 0 radical (unpaired) electrons. The number of aromatic nitrogens is 1. The number of benzene rings is 1. The highest BCUT2D eigenvalue weighted by atomic mass is 16.5. The fourth-order valence-electron chi connectivity index (χ4n) is 2.86. The average molecular weight is 344 g/mol. The second-order valence-corrected chi connectivity index (χ2v) is 6.04. The summed E-state index contributed by atoms with van der Waals surface area (Å²) in [6.45, 7) is 4.58. The molecule has 25 heavy (non-hydrogen) atoms. The van der Waals surface area contributed by atoms with Crippen molar-refractivity contribution in [2.75, 3.05) is 33.9 Å². The number of rotatable bonds is 10. The quantitative estimate of drug-likeness (QED) is 0.718. The number of hydrogen-bond acceptors (Lipinski definition) is 5. The number of ether oxygens (including phenoxy) is 2. The third kappa shape index (κ3) is 5.73. The largest absolute Gasteiger partial charge is 0.493 e. The molecule has 1 atom stereocenters. The number of hydrogen-bond donors (Lipinski definition) is 1. The Labute approximate surface area is 150 Å². The molecule has 5 heteroatoms. The molecule has 1 aromatic heterocycles. The van der Waals surface area contributed by atoms with Crippen molar-refractivity contribution in [2.45, 2.75) is 25.9 Å². The number of aliphatic hydroxyl groups is 1. The minimum Gasteiger partial charge on any atom is -0.493 e. The van der Waals surface area contributed by atoms with Gasteiger partial charge in [0.05, 0.1) is 20.3 Å². The van der Waals surface area contributed by atoms with Gasteiger partial charge in [0.15, 0.2) is 11.5 Å². The fourth-order valence-corrected chi connectivity index (χ4v) is 2.86. The van der Waals surface area contributed by atoms with Crippen LogP contribution in [0.15, 0.2) is 42.7 Å². The van der Waals surface area contributed by atoms with E-state index in [4.69, 9.17) is 9.47 Å². The maximum atomic E-state index is 10.4. The predicted molar refractivity (Wildman–Crippen MR) is 99.2 cm³/mol. The summed E-state index contributed by atoms with van der Waals surface area (Å²) in [5.41, 5.74) is 2.05. The first-order valence-electron chi connectivity index (χ1n) is 8.69. The summed E-state index contributed by atoms with van der Waals surface area (Å²) in [7, 11) is 3.29. The molecule has 136 valence electrons. The number of nitrogens with zero attached hydrogens (tertiary/aromatic N) is 2. The highest BCUT2D eigenvalue weighted by molar-refractivity contribution is 5.42. The number of pyridine rings is 1. The van der Waals surface area contributed by atoms with E-state index in [0.717, 1.165) is 43.0 Å². The van der Waals surface area contributed by atoms with Crippen molar-refractivity contribution >= 4 is 0 Å². The van der Waals surface area contributed by atoms with Gasteiger partial charge in [0.2, 0.25) is 0 Å². The summed E-state index contributed by atoms with van der Waals surface area (Å²) in [4.78, 5) is 6.37. The lowest BCUT2D eigenvalue weighted by Crippen LogP contribution is -2.31. The molecule has 0 saturated carbocycles. The molecule has 0 saturated heterocycles. The van der Waals surface area contributed by atoms with Crippen molar-refractivity contribution in [2.24, 2.45) is 0 Å². The smallest absolute Gasteiger partial charge is 0.160 e. The van der Waals surface area contributed by atoms with Crippen LogP contribution in [0.5, 0.6) is 11.5 Å². The van der Waals surface area contributed by atoms with E-state index in [0.29, 0.717) is 6.54 Å². The van der Waals surface area contributed by atoms with Gasteiger partial charge in [-0.05, 0) is 43.1 Å². The van der Waals surface area contributed by atoms with Crippen LogP contribution in [0.4, 0.5) is 0 Å². The summed E-state index contributed by atoms with van der Waals surface area (Å²) in [6.07, 6.45) is 4.86. The third-order valence-corrected chi connectivity index (χ3v) is 4.20. The first-order valence-corrected chi connectivity index (χ1v) is 8.69. The monoisotopic (exact) mass is 344 g/mol. The normalized spacial score (nSPS) is 12.2. The summed E-state index contributed by atoms with van der Waals surface area (Å²) >= 11 is 0. The first kappa shape index (κ1) is 19.2. The minimum atomic E-state index is -0.523. The Morgan fingerprint density at radius 3 is 2.56 bits per heavy atom. The summed E-state index contributed by atoms with van der Waals surface area (Å²) in [5, 5.41) is 10.4. The van der Waals surface area contributed by atoms with Gasteiger partial charge in [-0.15, -0.1) is 0 Å². The van der Waals surface area contributed by atoms with Crippen LogP contribution in [0.3, 0.4) is 0 Å². The molecule has 1 heterocycles. The zero-order chi connectivity index (χ0) is 18.1. The molecule has 0 aliphatic heterocycles. The Morgan fingerprint density at radius 2 is 1.92 bits per heavy atom. The van der Waals surface area contributed by atoms with Crippen LogP contribution in [-0.4, -0.2) is 48.8 Å². The standard InChI is InChI=1S/C20H28N2O3/c1-4-11-22(15-18(23)17-6-5-10-21-14-17)12-9-16-7-8-19(24-2)20(13-16)25-3/h5-8,10,13-14,18,23H,4,9,11-12,15H2,1-3H3. The molecule has 2 aromatic rings. The van der Waals surface area contributed by atoms with E-state index in [1.54, 1.807) is 26.6 Å². The lowest BCUT2D eigenvalue weighted by molar-refractivity contribution is 0.113. The van der Waals surface area contributed by atoms with Gasteiger partial charge in [-0.3, -0.25) is 4.98 Å². The maximum Gasteiger partial charge on any atom is 0.160 e. The first-order chi connectivity index (χ1) is 12.2. The third-order valence-electron chi connectivity index (χ3n) is 4.20. The highest BCUT2D eigenvalue weighted by Crippen LogP contribution is 2.27. The van der Waals surface area contributed by atoms with Gasteiger partial charge in [-0.2, -0.15) is 0 Å². The van der Waals surface area contributed by atoms with Crippen LogP contribution >= 0.6 is 0 Å². The van der Waals surface area contributed by atoms with Gasteiger partial charge in [-0.1, -0.05) is 19.1 Å². The van der Waals surface area contributed by atoms with Crippen molar-refractivity contribution in [3.8, 4) is 11.5 Å². The molecule has 0 amide bonds. The molecule has 0 bridgehead atoms.